The molecule has 5 nitrogen and oxygen atoms in total. The standard InChI is InChI=1S/C24H37N3O2/c1-18-8-7-11-20(16-18)25-23(29)22(19-9-5-6-10-19)27-14-12-26(13-15-27)21(28)17-24(2,3)4/h7-8,11,16,19,22H,5-6,9-10,12-15,17H2,1-4H3,(H,25,29)/t22-/m1/s1. The number of carbonyl (C=O) groups excluding carboxylic acids is 2. The molecule has 1 atom stereocenters. The maximum atomic E-state index is 13.3. The van der Waals surface area contributed by atoms with E-state index in [2.05, 4.69) is 31.0 Å². The first-order valence-electron chi connectivity index (χ1n) is 11.1. The Labute approximate surface area is 175 Å². The SMILES string of the molecule is Cc1cccc(NC(=O)[C@@H](C2CCCC2)N2CCN(C(=O)CC(C)(C)C)CC2)c1. The maximum absolute atomic E-state index is 13.3. The fourth-order valence-electron chi connectivity index (χ4n) is 4.71. The fourth-order valence-corrected chi connectivity index (χ4v) is 4.71. The summed E-state index contributed by atoms with van der Waals surface area (Å²) in [5.74, 6) is 0.757. The molecular weight excluding hydrogens is 362 g/mol. The number of amides is 2. The van der Waals surface area contributed by atoms with Gasteiger partial charge in [-0.15, -0.1) is 0 Å². The third-order valence-electron chi connectivity index (χ3n) is 6.14. The van der Waals surface area contributed by atoms with Crippen LogP contribution in [0.3, 0.4) is 0 Å². The van der Waals surface area contributed by atoms with Crippen molar-refractivity contribution in [3.05, 3.63) is 29.8 Å². The molecule has 1 N–H and O–H groups in total. The number of rotatable bonds is 5. The molecule has 1 heterocycles. The smallest absolute Gasteiger partial charge is 0.242 e. The van der Waals surface area contributed by atoms with Crippen LogP contribution in [0, 0.1) is 18.3 Å². The Kier molecular flexibility index (Phi) is 6.99. The molecule has 1 aromatic rings. The van der Waals surface area contributed by atoms with Gasteiger partial charge >= 0.3 is 0 Å². The van der Waals surface area contributed by atoms with Gasteiger partial charge in [-0.2, -0.15) is 0 Å². The molecule has 0 spiro atoms. The molecule has 1 saturated carbocycles. The van der Waals surface area contributed by atoms with Crippen molar-refractivity contribution < 1.29 is 9.59 Å². The van der Waals surface area contributed by atoms with E-state index in [0.717, 1.165) is 50.3 Å². The second-order valence-corrected chi connectivity index (χ2v) is 10.0. The van der Waals surface area contributed by atoms with E-state index >= 15 is 0 Å². The van der Waals surface area contributed by atoms with Gasteiger partial charge in [0.2, 0.25) is 11.8 Å². The summed E-state index contributed by atoms with van der Waals surface area (Å²) < 4.78 is 0. The van der Waals surface area contributed by atoms with Crippen molar-refractivity contribution >= 4 is 17.5 Å². The lowest BCUT2D eigenvalue weighted by Crippen LogP contribution is -2.57. The molecule has 1 aliphatic heterocycles. The van der Waals surface area contributed by atoms with Gasteiger partial charge in [0.1, 0.15) is 0 Å². The van der Waals surface area contributed by atoms with Gasteiger partial charge in [-0.1, -0.05) is 45.7 Å². The van der Waals surface area contributed by atoms with Gasteiger partial charge < -0.3 is 10.2 Å². The highest BCUT2D eigenvalue weighted by atomic mass is 16.2. The highest BCUT2D eigenvalue weighted by Gasteiger charge is 2.37. The zero-order chi connectivity index (χ0) is 21.0. The fraction of sp³-hybridized carbons (Fsp3) is 0.667. The first kappa shape index (κ1) is 21.8. The maximum Gasteiger partial charge on any atom is 0.242 e. The van der Waals surface area contributed by atoms with Crippen molar-refractivity contribution in [3.8, 4) is 0 Å². The number of piperazine rings is 1. The quantitative estimate of drug-likeness (QED) is 0.812. The third kappa shape index (κ3) is 6.05. The number of carbonyl (C=O) groups is 2. The molecular formula is C24H37N3O2. The van der Waals surface area contributed by atoms with E-state index in [0.29, 0.717) is 12.3 Å². The van der Waals surface area contributed by atoms with E-state index in [1.807, 2.05) is 36.1 Å². The Hall–Kier alpha value is -1.88. The molecule has 1 aliphatic carbocycles. The van der Waals surface area contributed by atoms with Gasteiger partial charge in [0, 0.05) is 38.3 Å². The molecule has 0 unspecified atom stereocenters. The number of benzene rings is 1. The van der Waals surface area contributed by atoms with Crippen LogP contribution in [0.25, 0.3) is 0 Å². The van der Waals surface area contributed by atoms with Crippen molar-refractivity contribution in [2.45, 2.75) is 65.8 Å². The molecule has 3 rings (SSSR count). The van der Waals surface area contributed by atoms with E-state index in [1.54, 1.807) is 0 Å². The first-order valence-corrected chi connectivity index (χ1v) is 11.1. The lowest BCUT2D eigenvalue weighted by atomic mass is 9.91. The second kappa shape index (κ2) is 9.29. The van der Waals surface area contributed by atoms with Crippen LogP contribution in [0.2, 0.25) is 0 Å². The van der Waals surface area contributed by atoms with Crippen LogP contribution in [0.1, 0.15) is 58.4 Å². The van der Waals surface area contributed by atoms with Gasteiger partial charge in [0.25, 0.3) is 0 Å². The average Bonchev–Trinajstić information content (AvgIpc) is 3.15. The minimum Gasteiger partial charge on any atom is -0.340 e. The number of hydrogen-bond acceptors (Lipinski definition) is 3. The monoisotopic (exact) mass is 399 g/mol. The number of aryl methyl sites for hydroxylation is 1. The Bertz CT molecular complexity index is 711. The zero-order valence-electron chi connectivity index (χ0n) is 18.5. The van der Waals surface area contributed by atoms with Gasteiger partial charge in [-0.05, 0) is 48.8 Å². The van der Waals surface area contributed by atoms with Crippen LogP contribution < -0.4 is 5.32 Å². The molecule has 5 heteroatoms. The second-order valence-electron chi connectivity index (χ2n) is 10.0. The summed E-state index contributed by atoms with van der Waals surface area (Å²) in [6.45, 7) is 11.3. The number of hydrogen-bond donors (Lipinski definition) is 1. The predicted octanol–water partition coefficient (Wildman–Crippen LogP) is 4.07. The van der Waals surface area contributed by atoms with Gasteiger partial charge in [-0.3, -0.25) is 14.5 Å². The Balaban J connectivity index is 1.65. The molecule has 1 aromatic carbocycles. The summed E-state index contributed by atoms with van der Waals surface area (Å²) in [5, 5.41) is 3.16. The van der Waals surface area contributed by atoms with Crippen molar-refractivity contribution in [2.75, 3.05) is 31.5 Å². The topological polar surface area (TPSA) is 52.7 Å². The van der Waals surface area contributed by atoms with Crippen molar-refractivity contribution in [3.63, 3.8) is 0 Å². The van der Waals surface area contributed by atoms with Gasteiger partial charge in [-0.25, -0.2) is 0 Å². The van der Waals surface area contributed by atoms with E-state index in [1.165, 1.54) is 12.8 Å². The summed E-state index contributed by atoms with van der Waals surface area (Å²) in [4.78, 5) is 30.2. The van der Waals surface area contributed by atoms with Crippen LogP contribution in [0.15, 0.2) is 24.3 Å². The van der Waals surface area contributed by atoms with Gasteiger partial charge in [0.05, 0.1) is 6.04 Å². The van der Waals surface area contributed by atoms with Crippen molar-refractivity contribution in [1.29, 1.82) is 0 Å². The highest BCUT2D eigenvalue weighted by molar-refractivity contribution is 5.95. The summed E-state index contributed by atoms with van der Waals surface area (Å²) in [5.41, 5.74) is 2.03. The summed E-state index contributed by atoms with van der Waals surface area (Å²) >= 11 is 0. The van der Waals surface area contributed by atoms with Crippen LogP contribution in [0.5, 0.6) is 0 Å². The minimum atomic E-state index is -0.0992. The molecule has 2 aliphatic rings. The highest BCUT2D eigenvalue weighted by Crippen LogP contribution is 2.32. The van der Waals surface area contributed by atoms with E-state index < -0.39 is 0 Å². The number of anilines is 1. The van der Waals surface area contributed by atoms with Crippen molar-refractivity contribution in [2.24, 2.45) is 11.3 Å². The van der Waals surface area contributed by atoms with Crippen LogP contribution in [-0.2, 0) is 9.59 Å². The third-order valence-corrected chi connectivity index (χ3v) is 6.14. The predicted molar refractivity (Wildman–Crippen MR) is 118 cm³/mol. The van der Waals surface area contributed by atoms with Crippen LogP contribution in [0.4, 0.5) is 5.69 Å². The largest absolute Gasteiger partial charge is 0.340 e. The molecule has 29 heavy (non-hydrogen) atoms. The zero-order valence-corrected chi connectivity index (χ0v) is 18.5. The lowest BCUT2D eigenvalue weighted by Gasteiger charge is -2.41. The number of nitrogens with one attached hydrogen (secondary N) is 1. The molecule has 1 saturated heterocycles. The summed E-state index contributed by atoms with van der Waals surface area (Å²) in [6, 6.07) is 7.90. The van der Waals surface area contributed by atoms with E-state index in [9.17, 15) is 9.59 Å². The Morgan fingerprint density at radius 1 is 1.10 bits per heavy atom. The molecule has 160 valence electrons. The lowest BCUT2D eigenvalue weighted by molar-refractivity contribution is -0.136. The molecule has 0 aromatic heterocycles. The van der Waals surface area contributed by atoms with Crippen LogP contribution in [-0.4, -0.2) is 53.8 Å². The molecule has 0 radical (unpaired) electrons. The molecule has 0 bridgehead atoms. The minimum absolute atomic E-state index is 0.00823. The summed E-state index contributed by atoms with van der Waals surface area (Å²) in [6.07, 6.45) is 5.24. The van der Waals surface area contributed by atoms with E-state index in [4.69, 9.17) is 0 Å². The Morgan fingerprint density at radius 3 is 2.34 bits per heavy atom. The first-order chi connectivity index (χ1) is 13.7. The molecule has 2 amide bonds. The molecule has 2 fully saturated rings. The summed E-state index contributed by atoms with van der Waals surface area (Å²) in [7, 11) is 0. The Morgan fingerprint density at radius 2 is 1.76 bits per heavy atom. The van der Waals surface area contributed by atoms with Crippen molar-refractivity contribution in [1.82, 2.24) is 9.80 Å². The van der Waals surface area contributed by atoms with Gasteiger partial charge in [0.15, 0.2) is 0 Å². The average molecular weight is 400 g/mol. The van der Waals surface area contributed by atoms with Crippen LogP contribution >= 0.6 is 0 Å². The number of nitrogens with zero attached hydrogens (tertiary/aromatic N) is 2. The van der Waals surface area contributed by atoms with E-state index in [-0.39, 0.29) is 23.3 Å². The normalized spacial score (nSPS) is 19.9.